The van der Waals surface area contributed by atoms with Crippen molar-refractivity contribution in [3.63, 3.8) is 0 Å². The molecule has 1 aromatic carbocycles. The number of nitrogens with one attached hydrogen (secondary N) is 2. The number of nitrogens with zero attached hydrogens (tertiary/aromatic N) is 3. The summed E-state index contributed by atoms with van der Waals surface area (Å²) in [7, 11) is 0. The maximum absolute atomic E-state index is 10.2. The number of aliphatic hydroxyl groups is 1. The van der Waals surface area contributed by atoms with Gasteiger partial charge in [0.15, 0.2) is 0 Å². The number of rotatable bonds is 7. The largest absolute Gasteiger partial charge is 0.393 e. The zero-order chi connectivity index (χ0) is 21.7. The van der Waals surface area contributed by atoms with E-state index in [4.69, 9.17) is 16.7 Å². The Hall–Kier alpha value is -2.05. The first kappa shape index (κ1) is 22.6. The van der Waals surface area contributed by atoms with Crippen LogP contribution in [-0.2, 0) is 6.42 Å². The van der Waals surface area contributed by atoms with E-state index in [1.165, 1.54) is 6.20 Å². The minimum atomic E-state index is -0.306. The molecule has 1 saturated carbocycles. The van der Waals surface area contributed by atoms with Gasteiger partial charge in [-0.05, 0) is 60.7 Å². The van der Waals surface area contributed by atoms with Gasteiger partial charge in [0.05, 0.1) is 17.3 Å². The molecule has 1 aliphatic carbocycles. The summed E-state index contributed by atoms with van der Waals surface area (Å²) >= 11 is 7.33. The molecule has 1 aliphatic rings. The summed E-state index contributed by atoms with van der Waals surface area (Å²) in [5.74, 6) is 0.992. The number of hydrogen-bond donors (Lipinski definition) is 4. The molecule has 0 spiro atoms. The molecule has 1 heterocycles. The lowest BCUT2D eigenvalue weighted by Gasteiger charge is -2.40. The molecule has 0 aliphatic heterocycles. The lowest BCUT2D eigenvalue weighted by molar-refractivity contribution is 0.00926. The third-order valence-corrected chi connectivity index (χ3v) is 6.57. The van der Waals surface area contributed by atoms with E-state index in [9.17, 15) is 10.4 Å². The summed E-state index contributed by atoms with van der Waals surface area (Å²) in [6.45, 7) is 4.75. The van der Waals surface area contributed by atoms with Gasteiger partial charge in [-0.1, -0.05) is 31.5 Å². The first-order valence-electron chi connectivity index (χ1n) is 9.93. The van der Waals surface area contributed by atoms with Crippen molar-refractivity contribution < 1.29 is 5.11 Å². The van der Waals surface area contributed by atoms with E-state index in [0.717, 1.165) is 48.1 Å². The third-order valence-electron chi connectivity index (χ3n) is 5.53. The lowest BCUT2D eigenvalue weighted by atomic mass is 9.73. The zero-order valence-corrected chi connectivity index (χ0v) is 18.7. The average molecular weight is 447 g/mol. The molecule has 2 aromatic rings. The van der Waals surface area contributed by atoms with Gasteiger partial charge in [0, 0.05) is 17.5 Å². The van der Waals surface area contributed by atoms with Crippen molar-refractivity contribution in [3.8, 4) is 6.07 Å². The Morgan fingerprint density at radius 1 is 1.40 bits per heavy atom. The van der Waals surface area contributed by atoms with E-state index < -0.39 is 0 Å². The number of aromatic nitrogens is 2. The highest BCUT2D eigenvalue weighted by Crippen LogP contribution is 2.37. The molecule has 7 nitrogen and oxygen atoms in total. The fourth-order valence-corrected chi connectivity index (χ4v) is 4.37. The van der Waals surface area contributed by atoms with Crippen LogP contribution in [0.3, 0.4) is 0 Å². The molecule has 1 aromatic heterocycles. The number of hydrogen-bond acceptors (Lipinski definition) is 8. The number of halogens is 1. The van der Waals surface area contributed by atoms with Crippen molar-refractivity contribution in [1.29, 1.82) is 5.26 Å². The van der Waals surface area contributed by atoms with Crippen LogP contribution >= 0.6 is 23.5 Å². The Morgan fingerprint density at radius 3 is 2.87 bits per heavy atom. The van der Waals surface area contributed by atoms with Crippen molar-refractivity contribution in [3.05, 3.63) is 40.5 Å². The van der Waals surface area contributed by atoms with Crippen LogP contribution in [0.1, 0.15) is 44.2 Å². The van der Waals surface area contributed by atoms with Crippen LogP contribution in [0.2, 0.25) is 5.02 Å². The fourth-order valence-electron chi connectivity index (χ4n) is 3.71. The van der Waals surface area contributed by atoms with Crippen LogP contribution in [0.15, 0.2) is 29.3 Å². The van der Waals surface area contributed by atoms with Crippen molar-refractivity contribution >= 4 is 35.3 Å². The van der Waals surface area contributed by atoms with Crippen LogP contribution in [0.5, 0.6) is 0 Å². The lowest BCUT2D eigenvalue weighted by Crippen LogP contribution is -2.41. The van der Waals surface area contributed by atoms with E-state index in [-0.39, 0.29) is 17.6 Å². The van der Waals surface area contributed by atoms with Crippen LogP contribution in [0, 0.1) is 16.7 Å². The van der Waals surface area contributed by atoms with Gasteiger partial charge in [-0.15, -0.1) is 0 Å². The number of benzene rings is 1. The monoisotopic (exact) mass is 446 g/mol. The number of aliphatic hydroxyl groups excluding tert-OH is 1. The second-order valence-corrected chi connectivity index (χ2v) is 9.34. The van der Waals surface area contributed by atoms with Gasteiger partial charge in [-0.25, -0.2) is 4.98 Å². The highest BCUT2D eigenvalue weighted by Gasteiger charge is 2.35. The van der Waals surface area contributed by atoms with Crippen LogP contribution in [0.25, 0.3) is 0 Å². The van der Waals surface area contributed by atoms with Gasteiger partial charge in [0.1, 0.15) is 17.5 Å². The first-order chi connectivity index (χ1) is 14.3. The molecule has 0 amide bonds. The number of anilines is 2. The molecule has 1 unspecified atom stereocenters. The number of nitrogens with two attached hydrogens (primary N) is 1. The van der Waals surface area contributed by atoms with E-state index in [1.54, 1.807) is 0 Å². The molecule has 9 heteroatoms. The second-order valence-electron chi connectivity index (χ2n) is 8.25. The topological polar surface area (TPSA) is 120 Å². The summed E-state index contributed by atoms with van der Waals surface area (Å²) < 4.78 is 0. The minimum absolute atomic E-state index is 0.152. The molecule has 3 rings (SSSR count). The maximum atomic E-state index is 10.2. The molecular formula is C21H27ClN6OS. The first-order valence-corrected chi connectivity index (χ1v) is 11.2. The Morgan fingerprint density at radius 2 is 2.20 bits per heavy atom. The molecule has 30 heavy (non-hydrogen) atoms. The Labute approximate surface area is 186 Å². The van der Waals surface area contributed by atoms with Gasteiger partial charge >= 0.3 is 0 Å². The molecule has 1 fully saturated rings. The average Bonchev–Trinajstić information content (AvgIpc) is 2.71. The minimum Gasteiger partial charge on any atom is -0.393 e. The van der Waals surface area contributed by atoms with Crippen LogP contribution in [-0.4, -0.2) is 33.8 Å². The van der Waals surface area contributed by atoms with E-state index in [2.05, 4.69) is 40.5 Å². The standard InChI is InChI=1S/C21H27ClN6OS/c1-21(2)10-15(4-6-18(21)29)27-19-14(11-23)12-26-20(28-19)25-8-7-13-3-5-17(30-24)16(22)9-13/h3,5,9,12,15,18,29H,4,6-8,10,24H2,1-2H3,(H2,25,26,27,28)/t15?,18-/m0/s1. The molecule has 5 N–H and O–H groups in total. The van der Waals surface area contributed by atoms with Crippen LogP contribution < -0.4 is 15.8 Å². The molecule has 0 saturated heterocycles. The summed E-state index contributed by atoms with van der Waals surface area (Å²) in [6, 6.07) is 8.11. The van der Waals surface area contributed by atoms with Crippen molar-refractivity contribution in [2.24, 2.45) is 10.6 Å². The van der Waals surface area contributed by atoms with Gasteiger partial charge in [-0.2, -0.15) is 10.2 Å². The van der Waals surface area contributed by atoms with E-state index in [0.29, 0.717) is 28.9 Å². The van der Waals surface area contributed by atoms with Gasteiger partial charge in [0.25, 0.3) is 0 Å². The second kappa shape index (κ2) is 9.84. The zero-order valence-electron chi connectivity index (χ0n) is 17.2. The Balaban J connectivity index is 1.63. The molecule has 2 atom stereocenters. The summed E-state index contributed by atoms with van der Waals surface area (Å²) in [4.78, 5) is 9.61. The quantitative estimate of drug-likeness (QED) is 0.471. The fraction of sp³-hybridized carbons (Fsp3) is 0.476. The van der Waals surface area contributed by atoms with E-state index >= 15 is 0 Å². The highest BCUT2D eigenvalue weighted by molar-refractivity contribution is 7.97. The van der Waals surface area contributed by atoms with E-state index in [1.807, 2.05) is 18.2 Å². The maximum Gasteiger partial charge on any atom is 0.224 e. The molecular weight excluding hydrogens is 420 g/mol. The van der Waals surface area contributed by atoms with Crippen molar-refractivity contribution in [1.82, 2.24) is 9.97 Å². The SMILES string of the molecule is CC1(C)CC(Nc2nc(NCCc3ccc(SN)c(Cl)c3)ncc2C#N)CC[C@@H]1O. The predicted molar refractivity (Wildman–Crippen MR) is 121 cm³/mol. The van der Waals surface area contributed by atoms with Crippen LogP contribution in [0.4, 0.5) is 11.8 Å². The van der Waals surface area contributed by atoms with Gasteiger partial charge in [-0.3, -0.25) is 5.14 Å². The Bertz CT molecular complexity index is 932. The summed E-state index contributed by atoms with van der Waals surface area (Å²) in [5.41, 5.74) is 1.32. The predicted octanol–water partition coefficient (Wildman–Crippen LogP) is 3.97. The van der Waals surface area contributed by atoms with Crippen molar-refractivity contribution in [2.75, 3.05) is 17.2 Å². The molecule has 0 radical (unpaired) electrons. The van der Waals surface area contributed by atoms with Gasteiger partial charge in [0.2, 0.25) is 5.95 Å². The highest BCUT2D eigenvalue weighted by atomic mass is 35.5. The van der Waals surface area contributed by atoms with Gasteiger partial charge < -0.3 is 15.7 Å². The molecule has 0 bridgehead atoms. The third kappa shape index (κ3) is 5.55. The van der Waals surface area contributed by atoms with Crippen molar-refractivity contribution in [2.45, 2.75) is 56.6 Å². The summed E-state index contributed by atoms with van der Waals surface area (Å²) in [6.07, 6.45) is 4.34. The molecule has 160 valence electrons. The number of nitriles is 1. The Kier molecular flexibility index (Phi) is 7.42. The summed E-state index contributed by atoms with van der Waals surface area (Å²) in [5, 5.41) is 32.4. The normalized spacial score (nSPS) is 20.4. The smallest absolute Gasteiger partial charge is 0.224 e.